The standard InChI is InChI=1S/C9H8O4.C8H17NO3/c1-6(10)13-8-5-3-2-4-7(8)9(11)12;1-5-8(9,11)6(10)12-7(2,3)4/h2-5H,1H3,(H,11,12);11H,5,9H2,1-4H3. The maximum Gasteiger partial charge on any atom is 0.353 e. The quantitative estimate of drug-likeness (QED) is 0.422. The highest BCUT2D eigenvalue weighted by molar-refractivity contribution is 5.91. The lowest BCUT2D eigenvalue weighted by Crippen LogP contribution is -2.50. The smallest absolute Gasteiger partial charge is 0.353 e. The molecule has 0 aliphatic carbocycles. The van der Waals surface area contributed by atoms with Crippen molar-refractivity contribution in [1.29, 1.82) is 0 Å². The van der Waals surface area contributed by atoms with Gasteiger partial charge in [0, 0.05) is 6.92 Å². The summed E-state index contributed by atoms with van der Waals surface area (Å²) in [5.74, 6) is -2.36. The van der Waals surface area contributed by atoms with E-state index in [1.54, 1.807) is 39.8 Å². The van der Waals surface area contributed by atoms with Crippen molar-refractivity contribution < 1.29 is 34.1 Å². The molecule has 0 aliphatic heterocycles. The summed E-state index contributed by atoms with van der Waals surface area (Å²) in [6.45, 7) is 7.99. The second-order valence-electron chi connectivity index (χ2n) is 6.17. The molecule has 1 rings (SSSR count). The van der Waals surface area contributed by atoms with Crippen LogP contribution in [0.3, 0.4) is 0 Å². The van der Waals surface area contributed by atoms with E-state index in [9.17, 15) is 19.5 Å². The molecular weight excluding hydrogens is 330 g/mol. The zero-order chi connectivity index (χ0) is 19.8. The third-order valence-corrected chi connectivity index (χ3v) is 2.66. The van der Waals surface area contributed by atoms with Crippen molar-refractivity contribution in [2.45, 2.75) is 52.4 Å². The molecule has 1 atom stereocenters. The number of carbonyl (C=O) groups excluding carboxylic acids is 2. The monoisotopic (exact) mass is 355 g/mol. The molecule has 0 bridgehead atoms. The number of carbonyl (C=O) groups is 3. The van der Waals surface area contributed by atoms with Crippen LogP contribution < -0.4 is 10.5 Å². The van der Waals surface area contributed by atoms with Crippen LogP contribution in [0.2, 0.25) is 0 Å². The number of benzene rings is 1. The molecule has 0 heterocycles. The van der Waals surface area contributed by atoms with Gasteiger partial charge >= 0.3 is 17.9 Å². The number of aliphatic hydroxyl groups is 1. The number of hydrogen-bond acceptors (Lipinski definition) is 7. The molecule has 1 aromatic rings. The van der Waals surface area contributed by atoms with Gasteiger partial charge in [-0.05, 0) is 39.3 Å². The van der Waals surface area contributed by atoms with Crippen molar-refractivity contribution in [3.8, 4) is 5.75 Å². The molecule has 0 radical (unpaired) electrons. The number of para-hydroxylation sites is 1. The van der Waals surface area contributed by atoms with Gasteiger partial charge in [0.2, 0.25) is 5.72 Å². The van der Waals surface area contributed by atoms with Crippen LogP contribution in [0.25, 0.3) is 0 Å². The maximum absolute atomic E-state index is 11.1. The number of esters is 2. The van der Waals surface area contributed by atoms with Crippen LogP contribution in [0, 0.1) is 0 Å². The Morgan fingerprint density at radius 1 is 1.16 bits per heavy atom. The lowest BCUT2D eigenvalue weighted by molar-refractivity contribution is -0.177. The summed E-state index contributed by atoms with van der Waals surface area (Å²) in [6, 6.07) is 5.98. The summed E-state index contributed by atoms with van der Waals surface area (Å²) in [4.78, 5) is 32.3. The third-order valence-electron chi connectivity index (χ3n) is 2.66. The molecule has 0 fully saturated rings. The van der Waals surface area contributed by atoms with Gasteiger partial charge in [0.05, 0.1) is 0 Å². The Bertz CT molecular complexity index is 618. The molecule has 0 saturated carbocycles. The van der Waals surface area contributed by atoms with Crippen molar-refractivity contribution >= 4 is 17.9 Å². The number of nitrogens with two attached hydrogens (primary N) is 1. The van der Waals surface area contributed by atoms with E-state index >= 15 is 0 Å². The van der Waals surface area contributed by atoms with Gasteiger partial charge < -0.3 is 19.7 Å². The lowest BCUT2D eigenvalue weighted by Gasteiger charge is -2.26. The van der Waals surface area contributed by atoms with Gasteiger partial charge in [-0.2, -0.15) is 0 Å². The summed E-state index contributed by atoms with van der Waals surface area (Å²) in [7, 11) is 0. The van der Waals surface area contributed by atoms with Gasteiger partial charge in [0.25, 0.3) is 0 Å². The van der Waals surface area contributed by atoms with Crippen molar-refractivity contribution in [3.63, 3.8) is 0 Å². The number of aromatic carboxylic acids is 1. The van der Waals surface area contributed by atoms with Crippen LogP contribution in [0.4, 0.5) is 0 Å². The molecule has 140 valence electrons. The highest BCUT2D eigenvalue weighted by atomic mass is 16.6. The third kappa shape index (κ3) is 8.83. The first kappa shape index (κ1) is 22.6. The summed E-state index contributed by atoms with van der Waals surface area (Å²) in [6.07, 6.45) is 0.141. The second-order valence-corrected chi connectivity index (χ2v) is 6.17. The summed E-state index contributed by atoms with van der Waals surface area (Å²) >= 11 is 0. The predicted molar refractivity (Wildman–Crippen MR) is 90.0 cm³/mol. The molecule has 8 nitrogen and oxygen atoms in total. The minimum atomic E-state index is -1.85. The van der Waals surface area contributed by atoms with Crippen LogP contribution in [0.1, 0.15) is 51.4 Å². The first-order chi connectivity index (χ1) is 11.3. The van der Waals surface area contributed by atoms with E-state index in [4.69, 9.17) is 15.6 Å². The highest BCUT2D eigenvalue weighted by Crippen LogP contribution is 2.17. The lowest BCUT2D eigenvalue weighted by atomic mass is 10.1. The minimum Gasteiger partial charge on any atom is -0.478 e. The molecule has 0 aromatic heterocycles. The number of carboxylic acids is 1. The normalized spacial score (nSPS) is 12.9. The van der Waals surface area contributed by atoms with E-state index in [1.165, 1.54) is 19.1 Å². The van der Waals surface area contributed by atoms with Crippen molar-refractivity contribution in [1.82, 2.24) is 0 Å². The van der Waals surface area contributed by atoms with Gasteiger partial charge in [0.15, 0.2) is 0 Å². The molecule has 0 spiro atoms. The Hall–Kier alpha value is -2.45. The number of rotatable bonds is 4. The Kier molecular flexibility index (Phi) is 8.25. The first-order valence-corrected chi connectivity index (χ1v) is 7.55. The number of ether oxygens (including phenoxy) is 2. The topological polar surface area (TPSA) is 136 Å². The largest absolute Gasteiger partial charge is 0.478 e. The zero-order valence-electron chi connectivity index (χ0n) is 15.0. The Labute approximate surface area is 146 Å². The fourth-order valence-electron chi connectivity index (χ4n) is 1.40. The summed E-state index contributed by atoms with van der Waals surface area (Å²) in [5, 5.41) is 17.9. The van der Waals surface area contributed by atoms with Crippen LogP contribution in [-0.4, -0.2) is 39.4 Å². The van der Waals surface area contributed by atoms with E-state index in [-0.39, 0.29) is 17.7 Å². The molecule has 25 heavy (non-hydrogen) atoms. The SMILES string of the molecule is CC(=O)Oc1ccccc1C(=O)O.CCC(N)(O)C(=O)OC(C)(C)C. The van der Waals surface area contributed by atoms with Gasteiger partial charge in [-0.1, -0.05) is 19.1 Å². The average molecular weight is 355 g/mol. The van der Waals surface area contributed by atoms with Gasteiger partial charge in [-0.15, -0.1) is 0 Å². The molecule has 4 N–H and O–H groups in total. The van der Waals surface area contributed by atoms with Crippen molar-refractivity contribution in [2.24, 2.45) is 5.73 Å². The Morgan fingerprint density at radius 3 is 2.08 bits per heavy atom. The second kappa shape index (κ2) is 9.14. The number of hydrogen-bond donors (Lipinski definition) is 3. The Balaban J connectivity index is 0.000000463. The van der Waals surface area contributed by atoms with Crippen LogP contribution in [0.5, 0.6) is 5.75 Å². The van der Waals surface area contributed by atoms with Crippen LogP contribution in [-0.2, 0) is 14.3 Å². The Morgan fingerprint density at radius 2 is 1.68 bits per heavy atom. The fraction of sp³-hybridized carbons (Fsp3) is 0.471. The molecule has 0 saturated heterocycles. The number of carboxylic acid groups (broad SMARTS) is 1. The van der Waals surface area contributed by atoms with E-state index in [1.807, 2.05) is 0 Å². The zero-order valence-corrected chi connectivity index (χ0v) is 15.0. The molecule has 1 unspecified atom stereocenters. The molecule has 1 aromatic carbocycles. The predicted octanol–water partition coefficient (Wildman–Crippen LogP) is 1.70. The molecule has 0 amide bonds. The van der Waals surface area contributed by atoms with E-state index < -0.39 is 29.2 Å². The average Bonchev–Trinajstić information content (AvgIpc) is 2.45. The van der Waals surface area contributed by atoms with E-state index in [0.717, 1.165) is 0 Å². The van der Waals surface area contributed by atoms with E-state index in [0.29, 0.717) is 0 Å². The van der Waals surface area contributed by atoms with E-state index in [2.05, 4.69) is 4.74 Å². The molecule has 8 heteroatoms. The summed E-state index contributed by atoms with van der Waals surface area (Å²) in [5.41, 5.74) is 2.77. The molecule has 0 aliphatic rings. The van der Waals surface area contributed by atoms with Crippen molar-refractivity contribution in [2.75, 3.05) is 0 Å². The molecular formula is C17H25NO7. The minimum absolute atomic E-state index is 0.0160. The highest BCUT2D eigenvalue weighted by Gasteiger charge is 2.33. The van der Waals surface area contributed by atoms with Gasteiger partial charge in [-0.25, -0.2) is 9.59 Å². The van der Waals surface area contributed by atoms with Gasteiger partial charge in [0.1, 0.15) is 16.9 Å². The maximum atomic E-state index is 11.1. The first-order valence-electron chi connectivity index (χ1n) is 7.55. The van der Waals surface area contributed by atoms with Gasteiger partial charge in [-0.3, -0.25) is 10.5 Å². The van der Waals surface area contributed by atoms with Crippen LogP contribution in [0.15, 0.2) is 24.3 Å². The summed E-state index contributed by atoms with van der Waals surface area (Å²) < 4.78 is 9.57. The fourth-order valence-corrected chi connectivity index (χ4v) is 1.40. The van der Waals surface area contributed by atoms with Crippen molar-refractivity contribution in [3.05, 3.63) is 29.8 Å². The van der Waals surface area contributed by atoms with Crippen LogP contribution >= 0.6 is 0 Å².